The van der Waals surface area contributed by atoms with E-state index in [1.165, 1.54) is 25.3 Å². The number of hydrogen-bond donors (Lipinski definition) is 2. The fraction of sp³-hybridized carbons (Fsp3) is 0.467. The van der Waals surface area contributed by atoms with Crippen LogP contribution >= 0.6 is 23.8 Å². The van der Waals surface area contributed by atoms with Crippen LogP contribution in [-0.2, 0) is 6.18 Å². The normalized spacial score (nSPS) is 16.5. The third-order valence-electron chi connectivity index (χ3n) is 3.64. The van der Waals surface area contributed by atoms with E-state index in [4.69, 9.17) is 23.8 Å². The summed E-state index contributed by atoms with van der Waals surface area (Å²) in [7, 11) is 0. The van der Waals surface area contributed by atoms with Gasteiger partial charge in [0, 0.05) is 6.21 Å². The highest BCUT2D eigenvalue weighted by molar-refractivity contribution is 7.80. The van der Waals surface area contributed by atoms with E-state index in [1.54, 1.807) is 6.21 Å². The molecule has 0 heterocycles. The average Bonchev–Trinajstić information content (AvgIpc) is 2.49. The largest absolute Gasteiger partial charge is 0.416 e. The van der Waals surface area contributed by atoms with Gasteiger partial charge in [-0.05, 0) is 49.2 Å². The molecule has 0 spiro atoms. The number of rotatable bonds is 3. The fourth-order valence-electron chi connectivity index (χ4n) is 2.43. The van der Waals surface area contributed by atoms with Crippen molar-refractivity contribution in [2.75, 3.05) is 5.32 Å². The van der Waals surface area contributed by atoms with Crippen LogP contribution in [-0.4, -0.2) is 11.3 Å². The van der Waals surface area contributed by atoms with Gasteiger partial charge < -0.3 is 5.32 Å². The number of thiocarbonyl (C=S) groups is 1. The summed E-state index contributed by atoms with van der Waals surface area (Å²) in [4.78, 5) is 0. The minimum Gasteiger partial charge on any atom is -0.330 e. The van der Waals surface area contributed by atoms with Gasteiger partial charge in [-0.25, -0.2) is 0 Å². The number of anilines is 1. The third kappa shape index (κ3) is 5.66. The molecule has 1 fully saturated rings. The minimum absolute atomic E-state index is 0.0897. The van der Waals surface area contributed by atoms with Gasteiger partial charge in [0.1, 0.15) is 0 Å². The molecule has 0 saturated heterocycles. The Morgan fingerprint density at radius 2 is 1.96 bits per heavy atom. The maximum Gasteiger partial charge on any atom is 0.416 e. The molecule has 0 atom stereocenters. The van der Waals surface area contributed by atoms with Crippen molar-refractivity contribution in [3.63, 3.8) is 0 Å². The molecule has 2 rings (SSSR count). The highest BCUT2D eigenvalue weighted by atomic mass is 35.5. The van der Waals surface area contributed by atoms with Crippen LogP contribution in [0.25, 0.3) is 0 Å². The van der Waals surface area contributed by atoms with Gasteiger partial charge in [0.05, 0.1) is 16.3 Å². The first-order valence-electron chi connectivity index (χ1n) is 7.33. The van der Waals surface area contributed by atoms with Crippen molar-refractivity contribution in [1.82, 2.24) is 5.43 Å². The van der Waals surface area contributed by atoms with Crippen molar-refractivity contribution >= 4 is 40.8 Å². The maximum absolute atomic E-state index is 12.7. The fourth-order valence-corrected chi connectivity index (χ4v) is 2.76. The Labute approximate surface area is 143 Å². The Morgan fingerprint density at radius 1 is 1.26 bits per heavy atom. The molecule has 1 aromatic carbocycles. The molecule has 0 aromatic heterocycles. The van der Waals surface area contributed by atoms with Gasteiger partial charge in [-0.2, -0.15) is 18.3 Å². The second-order valence-electron chi connectivity index (χ2n) is 5.43. The first-order valence-corrected chi connectivity index (χ1v) is 8.12. The molecule has 2 N–H and O–H groups in total. The summed E-state index contributed by atoms with van der Waals surface area (Å²) < 4.78 is 38.1. The lowest BCUT2D eigenvalue weighted by Crippen LogP contribution is -2.25. The number of halogens is 4. The summed E-state index contributed by atoms with van der Waals surface area (Å²) in [5.41, 5.74) is 1.91. The first kappa shape index (κ1) is 18.0. The standard InChI is InChI=1S/C15H17ClF3N3S/c16-12-7-6-11(15(17,18)19)8-13(12)21-14(23)22-20-9-10-4-2-1-3-5-10/h6-10H,1-5H2,(H2,21,22,23)/b20-9-. The maximum atomic E-state index is 12.7. The van der Waals surface area contributed by atoms with Crippen LogP contribution in [0.3, 0.4) is 0 Å². The first-order chi connectivity index (χ1) is 10.9. The third-order valence-corrected chi connectivity index (χ3v) is 4.17. The van der Waals surface area contributed by atoms with Crippen LogP contribution in [0, 0.1) is 5.92 Å². The molecule has 1 aliphatic carbocycles. The molecule has 126 valence electrons. The Hall–Kier alpha value is -1.34. The minimum atomic E-state index is -4.44. The molecule has 1 aromatic rings. The van der Waals surface area contributed by atoms with Gasteiger partial charge in [0.15, 0.2) is 5.11 Å². The number of hydrazone groups is 1. The molecular weight excluding hydrogens is 347 g/mol. The van der Waals surface area contributed by atoms with E-state index >= 15 is 0 Å². The zero-order chi connectivity index (χ0) is 16.9. The highest BCUT2D eigenvalue weighted by Crippen LogP contribution is 2.33. The van der Waals surface area contributed by atoms with Gasteiger partial charge in [-0.3, -0.25) is 5.43 Å². The SMILES string of the molecule is FC(F)(F)c1ccc(Cl)c(NC(=S)N/N=C\C2CCCCC2)c1. The second kappa shape index (κ2) is 7.97. The Morgan fingerprint density at radius 3 is 2.61 bits per heavy atom. The lowest BCUT2D eigenvalue weighted by molar-refractivity contribution is -0.137. The molecular formula is C15H17ClF3N3S. The van der Waals surface area contributed by atoms with Crippen LogP contribution in [0.15, 0.2) is 23.3 Å². The van der Waals surface area contributed by atoms with E-state index in [1.807, 2.05) is 0 Å². The lowest BCUT2D eigenvalue weighted by atomic mass is 9.90. The Kier molecular flexibility index (Phi) is 6.24. The quantitative estimate of drug-likeness (QED) is 0.439. The molecule has 0 amide bonds. The summed E-state index contributed by atoms with van der Waals surface area (Å²) in [6.45, 7) is 0. The Bertz CT molecular complexity index is 584. The lowest BCUT2D eigenvalue weighted by Gasteiger charge is -2.17. The number of nitrogens with one attached hydrogen (secondary N) is 2. The second-order valence-corrected chi connectivity index (χ2v) is 6.25. The summed E-state index contributed by atoms with van der Waals surface area (Å²) in [5, 5.41) is 6.93. The van der Waals surface area contributed by atoms with Crippen LogP contribution in [0.1, 0.15) is 37.7 Å². The molecule has 0 aliphatic heterocycles. The van der Waals surface area contributed by atoms with Crippen LogP contribution < -0.4 is 10.7 Å². The highest BCUT2D eigenvalue weighted by Gasteiger charge is 2.31. The molecule has 0 unspecified atom stereocenters. The van der Waals surface area contributed by atoms with Gasteiger partial charge in [0.25, 0.3) is 0 Å². The van der Waals surface area contributed by atoms with E-state index < -0.39 is 11.7 Å². The summed E-state index contributed by atoms with van der Waals surface area (Å²) in [5.74, 6) is 0.427. The van der Waals surface area contributed by atoms with Gasteiger partial charge in [-0.1, -0.05) is 30.9 Å². The van der Waals surface area contributed by atoms with Gasteiger partial charge in [-0.15, -0.1) is 0 Å². The van der Waals surface area contributed by atoms with Crippen LogP contribution in [0.4, 0.5) is 18.9 Å². The molecule has 23 heavy (non-hydrogen) atoms. The topological polar surface area (TPSA) is 36.4 Å². The van der Waals surface area contributed by atoms with Crippen molar-refractivity contribution in [3.05, 3.63) is 28.8 Å². The Balaban J connectivity index is 1.93. The predicted molar refractivity (Wildman–Crippen MR) is 90.9 cm³/mol. The molecule has 0 bridgehead atoms. The van der Waals surface area contributed by atoms with Crippen molar-refractivity contribution < 1.29 is 13.2 Å². The van der Waals surface area contributed by atoms with Gasteiger partial charge >= 0.3 is 6.18 Å². The number of alkyl halides is 3. The molecule has 3 nitrogen and oxygen atoms in total. The van der Waals surface area contributed by atoms with E-state index in [2.05, 4.69) is 15.8 Å². The molecule has 1 saturated carbocycles. The molecule has 1 aliphatic rings. The molecule has 0 radical (unpaired) electrons. The summed E-state index contributed by atoms with van der Waals surface area (Å²) in [6.07, 6.45) is 3.22. The smallest absolute Gasteiger partial charge is 0.330 e. The van der Waals surface area contributed by atoms with E-state index in [0.717, 1.165) is 25.0 Å². The van der Waals surface area contributed by atoms with Crippen molar-refractivity contribution in [1.29, 1.82) is 0 Å². The number of hydrogen-bond acceptors (Lipinski definition) is 2. The predicted octanol–water partition coefficient (Wildman–Crippen LogP) is 5.21. The summed E-state index contributed by atoms with van der Waals surface area (Å²) >= 11 is 10.9. The van der Waals surface area contributed by atoms with Crippen molar-refractivity contribution in [3.8, 4) is 0 Å². The van der Waals surface area contributed by atoms with Crippen molar-refractivity contribution in [2.45, 2.75) is 38.3 Å². The zero-order valence-corrected chi connectivity index (χ0v) is 13.9. The van der Waals surface area contributed by atoms with E-state index in [-0.39, 0.29) is 15.8 Å². The van der Waals surface area contributed by atoms with E-state index in [0.29, 0.717) is 5.92 Å². The monoisotopic (exact) mass is 363 g/mol. The number of nitrogens with zero attached hydrogens (tertiary/aromatic N) is 1. The van der Waals surface area contributed by atoms with Crippen molar-refractivity contribution in [2.24, 2.45) is 11.0 Å². The van der Waals surface area contributed by atoms with Crippen LogP contribution in [0.2, 0.25) is 5.02 Å². The number of benzene rings is 1. The van der Waals surface area contributed by atoms with Gasteiger partial charge in [0.2, 0.25) is 0 Å². The molecule has 8 heteroatoms. The van der Waals surface area contributed by atoms with Crippen LogP contribution in [0.5, 0.6) is 0 Å². The average molecular weight is 364 g/mol. The zero-order valence-electron chi connectivity index (χ0n) is 12.3. The summed E-state index contributed by atoms with van der Waals surface area (Å²) in [6, 6.07) is 3.02. The van der Waals surface area contributed by atoms with E-state index in [9.17, 15) is 13.2 Å².